The molecule has 0 atom stereocenters. The van der Waals surface area contributed by atoms with Gasteiger partial charge in [0.05, 0.1) is 24.2 Å². The molecular weight excluding hydrogens is 582 g/mol. The lowest BCUT2D eigenvalue weighted by atomic mass is 9.96. The van der Waals surface area contributed by atoms with Crippen LogP contribution in [0.1, 0.15) is 51.8 Å². The van der Waals surface area contributed by atoms with Crippen molar-refractivity contribution in [1.82, 2.24) is 25.2 Å². The van der Waals surface area contributed by atoms with Gasteiger partial charge in [-0.15, -0.1) is 0 Å². The molecule has 5 aromatic rings. The van der Waals surface area contributed by atoms with Gasteiger partial charge in [-0.3, -0.25) is 4.79 Å². The quantitative estimate of drug-likeness (QED) is 0.216. The number of carboxylic acids is 2. The van der Waals surface area contributed by atoms with Gasteiger partial charge in [0.15, 0.2) is 0 Å². The lowest BCUT2D eigenvalue weighted by molar-refractivity contribution is -0.132. The van der Waals surface area contributed by atoms with Crippen LogP contribution in [0.5, 0.6) is 5.75 Å². The molecule has 3 heterocycles. The summed E-state index contributed by atoms with van der Waals surface area (Å²) < 4.78 is 16.7. The maximum Gasteiger partial charge on any atom is 0.335 e. The second-order valence-corrected chi connectivity index (χ2v) is 10.4. The van der Waals surface area contributed by atoms with E-state index < -0.39 is 11.9 Å². The fourth-order valence-electron chi connectivity index (χ4n) is 5.01. The number of carboxylic acid groups (broad SMARTS) is 2. The molecule has 0 saturated carbocycles. The van der Waals surface area contributed by atoms with Gasteiger partial charge in [0.1, 0.15) is 5.75 Å². The van der Waals surface area contributed by atoms with Crippen molar-refractivity contribution in [2.75, 3.05) is 19.7 Å². The van der Waals surface area contributed by atoms with Gasteiger partial charge in [0, 0.05) is 35.7 Å². The van der Waals surface area contributed by atoms with Gasteiger partial charge < -0.3 is 28.9 Å². The number of likely N-dealkylation sites (tertiary alicyclic amines) is 1. The Kier molecular flexibility index (Phi) is 8.31. The van der Waals surface area contributed by atoms with Gasteiger partial charge in [-0.1, -0.05) is 40.6 Å². The molecule has 13 nitrogen and oxygen atoms in total. The fraction of sp³-hybridized carbons (Fsp3) is 0.219. The molecule has 3 aromatic carbocycles. The summed E-state index contributed by atoms with van der Waals surface area (Å²) in [5, 5.41) is 26.2. The largest absolute Gasteiger partial charge is 0.493 e. The third-order valence-corrected chi connectivity index (χ3v) is 7.51. The SMILES string of the molecule is O=C(O)c1ccc(-c2noc(-c3cccc(OCCC(=O)N4CCC(c5nc(-c6ccc(C(=O)O)cc6)no5)CC4)c3)n2)cc1. The number of carbonyl (C=O) groups is 3. The smallest absolute Gasteiger partial charge is 0.335 e. The Balaban J connectivity index is 0.978. The molecule has 1 aliphatic rings. The molecule has 1 saturated heterocycles. The predicted molar refractivity (Wildman–Crippen MR) is 157 cm³/mol. The topological polar surface area (TPSA) is 182 Å². The molecule has 0 unspecified atom stereocenters. The zero-order chi connectivity index (χ0) is 31.3. The molecule has 6 rings (SSSR count). The minimum Gasteiger partial charge on any atom is -0.493 e. The molecular formula is C32H27N5O8. The third kappa shape index (κ3) is 6.72. The first-order valence-electron chi connectivity index (χ1n) is 14.2. The molecule has 228 valence electrons. The molecule has 0 radical (unpaired) electrons. The average molecular weight is 610 g/mol. The van der Waals surface area contributed by atoms with Crippen molar-refractivity contribution in [3.8, 4) is 40.0 Å². The van der Waals surface area contributed by atoms with E-state index in [0.29, 0.717) is 65.9 Å². The molecule has 0 bridgehead atoms. The highest BCUT2D eigenvalue weighted by atomic mass is 16.5. The number of aromatic nitrogens is 4. The van der Waals surface area contributed by atoms with Gasteiger partial charge in [0.2, 0.25) is 23.4 Å². The number of amides is 1. The van der Waals surface area contributed by atoms with E-state index in [4.69, 9.17) is 24.0 Å². The Morgan fingerprint density at radius 3 is 2.00 bits per heavy atom. The van der Waals surface area contributed by atoms with E-state index in [2.05, 4.69) is 20.3 Å². The fourth-order valence-corrected chi connectivity index (χ4v) is 5.01. The highest BCUT2D eigenvalue weighted by Gasteiger charge is 2.27. The summed E-state index contributed by atoms with van der Waals surface area (Å²) >= 11 is 0. The van der Waals surface area contributed by atoms with Crippen molar-refractivity contribution in [2.45, 2.75) is 25.2 Å². The Morgan fingerprint density at radius 1 is 0.778 bits per heavy atom. The second-order valence-electron chi connectivity index (χ2n) is 10.4. The predicted octanol–water partition coefficient (Wildman–Crippen LogP) is 5.03. The number of nitrogens with zero attached hydrogens (tertiary/aromatic N) is 5. The van der Waals surface area contributed by atoms with Crippen molar-refractivity contribution in [1.29, 1.82) is 0 Å². The van der Waals surface area contributed by atoms with Gasteiger partial charge in [-0.25, -0.2) is 9.59 Å². The average Bonchev–Trinajstić information content (AvgIpc) is 3.76. The van der Waals surface area contributed by atoms with Crippen molar-refractivity contribution >= 4 is 17.8 Å². The molecule has 1 aliphatic heterocycles. The molecule has 45 heavy (non-hydrogen) atoms. The van der Waals surface area contributed by atoms with Crippen LogP contribution in [0.2, 0.25) is 0 Å². The molecule has 1 fully saturated rings. The number of benzene rings is 3. The van der Waals surface area contributed by atoms with Crippen molar-refractivity contribution < 1.29 is 38.4 Å². The molecule has 13 heteroatoms. The van der Waals surface area contributed by atoms with Crippen molar-refractivity contribution in [3.05, 3.63) is 89.8 Å². The summed E-state index contributed by atoms with van der Waals surface area (Å²) in [6, 6.07) is 19.6. The summed E-state index contributed by atoms with van der Waals surface area (Å²) in [4.78, 5) is 45.7. The minimum atomic E-state index is -1.01. The first-order valence-corrected chi connectivity index (χ1v) is 14.2. The van der Waals surface area contributed by atoms with E-state index in [1.54, 1.807) is 53.4 Å². The third-order valence-electron chi connectivity index (χ3n) is 7.51. The van der Waals surface area contributed by atoms with Crippen molar-refractivity contribution in [3.63, 3.8) is 0 Å². The van der Waals surface area contributed by atoms with E-state index in [0.717, 1.165) is 0 Å². The highest BCUT2D eigenvalue weighted by Crippen LogP contribution is 2.29. The number of hydrogen-bond acceptors (Lipinski definition) is 10. The monoisotopic (exact) mass is 609 g/mol. The number of carbonyl (C=O) groups excluding carboxylic acids is 1. The lowest BCUT2D eigenvalue weighted by Gasteiger charge is -2.30. The number of rotatable bonds is 10. The van der Waals surface area contributed by atoms with Crippen LogP contribution in [0.4, 0.5) is 0 Å². The first kappa shape index (κ1) is 29.2. The Labute approximate surface area is 256 Å². The molecule has 0 spiro atoms. The van der Waals surface area contributed by atoms with Gasteiger partial charge >= 0.3 is 11.9 Å². The van der Waals surface area contributed by atoms with E-state index in [9.17, 15) is 14.4 Å². The van der Waals surface area contributed by atoms with Crippen LogP contribution in [0.3, 0.4) is 0 Å². The zero-order valence-corrected chi connectivity index (χ0v) is 23.8. The number of ether oxygens (including phenoxy) is 1. The maximum atomic E-state index is 12.9. The second kappa shape index (κ2) is 12.8. The number of hydrogen-bond donors (Lipinski definition) is 2. The maximum absolute atomic E-state index is 12.9. The molecule has 2 aromatic heterocycles. The number of aromatic carboxylic acids is 2. The van der Waals surface area contributed by atoms with Crippen LogP contribution < -0.4 is 4.74 Å². The van der Waals surface area contributed by atoms with E-state index in [1.807, 2.05) is 0 Å². The first-order chi connectivity index (χ1) is 21.8. The van der Waals surface area contributed by atoms with Crippen LogP contribution in [-0.4, -0.2) is 72.9 Å². The Bertz CT molecular complexity index is 1820. The summed E-state index contributed by atoms with van der Waals surface area (Å²) in [6.07, 6.45) is 1.58. The molecule has 1 amide bonds. The van der Waals surface area contributed by atoms with Gasteiger partial charge in [-0.05, 0) is 55.3 Å². The lowest BCUT2D eigenvalue weighted by Crippen LogP contribution is -2.38. The molecule has 0 aliphatic carbocycles. The normalized spacial score (nSPS) is 13.5. The van der Waals surface area contributed by atoms with E-state index >= 15 is 0 Å². The molecule has 2 N–H and O–H groups in total. The van der Waals surface area contributed by atoms with Crippen LogP contribution in [-0.2, 0) is 4.79 Å². The summed E-state index contributed by atoms with van der Waals surface area (Å²) in [5.41, 5.74) is 2.28. The van der Waals surface area contributed by atoms with Gasteiger partial charge in [-0.2, -0.15) is 9.97 Å². The van der Waals surface area contributed by atoms with E-state index in [1.165, 1.54) is 24.3 Å². The van der Waals surface area contributed by atoms with Crippen LogP contribution in [0.25, 0.3) is 34.2 Å². The van der Waals surface area contributed by atoms with Crippen LogP contribution in [0, 0.1) is 0 Å². The summed E-state index contributed by atoms with van der Waals surface area (Å²) in [7, 11) is 0. The summed E-state index contributed by atoms with van der Waals surface area (Å²) in [5.74, 6) is 0.0638. The van der Waals surface area contributed by atoms with Gasteiger partial charge in [0.25, 0.3) is 5.89 Å². The van der Waals surface area contributed by atoms with E-state index in [-0.39, 0.29) is 41.9 Å². The minimum absolute atomic E-state index is 0.00944. The standard InChI is InChI=1S/C32H27N5O8/c38-26(37-15-12-21(13-16-37)29-33-27(35-44-29)19-4-8-22(9-5-19)31(39)40)14-17-43-25-3-1-2-24(18-25)30-34-28(36-45-30)20-6-10-23(11-7-20)32(41)42/h1-11,18,21H,12-17H2,(H,39,40)(H,41,42). The number of piperidine rings is 1. The van der Waals surface area contributed by atoms with Crippen LogP contribution in [0.15, 0.2) is 81.8 Å². The summed E-state index contributed by atoms with van der Waals surface area (Å²) in [6.45, 7) is 1.31. The highest BCUT2D eigenvalue weighted by molar-refractivity contribution is 5.88. The van der Waals surface area contributed by atoms with Crippen molar-refractivity contribution in [2.24, 2.45) is 0 Å². The van der Waals surface area contributed by atoms with Crippen LogP contribution >= 0.6 is 0 Å². The Morgan fingerprint density at radius 2 is 1.38 bits per heavy atom. The zero-order valence-electron chi connectivity index (χ0n) is 23.8. The Hall–Kier alpha value is -5.85.